The van der Waals surface area contributed by atoms with Crippen LogP contribution in [0.25, 0.3) is 21.8 Å². The molecule has 4 saturated carbocycles. The number of aliphatic carboxylic acids is 1. The van der Waals surface area contributed by atoms with Gasteiger partial charge in [-0.2, -0.15) is 13.2 Å². The highest BCUT2D eigenvalue weighted by Crippen LogP contribution is 2.64. The molecule has 4 aliphatic rings. The quantitative estimate of drug-likeness (QED) is 0.175. The number of halogens is 5. The summed E-state index contributed by atoms with van der Waals surface area (Å²) in [6.45, 7) is 0. The molecular weight excluding hydrogens is 711 g/mol. The lowest BCUT2D eigenvalue weighted by Crippen LogP contribution is -2.20. The second kappa shape index (κ2) is 14.7. The third-order valence-corrected chi connectivity index (χ3v) is 13.0. The summed E-state index contributed by atoms with van der Waals surface area (Å²) in [5.74, 6) is -0.462. The van der Waals surface area contributed by atoms with E-state index in [1.807, 2.05) is 12.1 Å². The number of carbonyl (C=O) groups is 2. The topological polar surface area (TPSA) is 80.2 Å². The molecule has 2 atom stereocenters. The summed E-state index contributed by atoms with van der Waals surface area (Å²) in [6, 6.07) is 18.3. The van der Waals surface area contributed by atoms with Gasteiger partial charge in [0.25, 0.3) is 0 Å². The Labute approximate surface area is 317 Å². The molecule has 2 unspecified atom stereocenters. The van der Waals surface area contributed by atoms with Crippen molar-refractivity contribution in [2.45, 2.75) is 96.1 Å². The first kappa shape index (κ1) is 38.5. The Kier molecular flexibility index (Phi) is 10.3. The summed E-state index contributed by atoms with van der Waals surface area (Å²) in [5, 5.41) is 10.9. The second-order valence-corrected chi connectivity index (χ2v) is 16.1. The number of alkyl halides is 3. The number of pyridine rings is 2. The van der Waals surface area contributed by atoms with Gasteiger partial charge in [0.05, 0.1) is 22.5 Å². The number of ketones is 1. The first-order valence-electron chi connectivity index (χ1n) is 18.8. The van der Waals surface area contributed by atoms with Crippen LogP contribution in [0.1, 0.15) is 106 Å². The maximum Gasteiger partial charge on any atom is 0.416 e. The largest absolute Gasteiger partial charge is 0.481 e. The molecule has 288 valence electrons. The number of benzene rings is 3. The molecule has 0 bridgehead atoms. The number of fused-ring (bicyclic) bond motifs is 2. The summed E-state index contributed by atoms with van der Waals surface area (Å²) < 4.78 is 65.6. The van der Waals surface area contributed by atoms with Crippen molar-refractivity contribution in [3.8, 4) is 0 Å². The van der Waals surface area contributed by atoms with E-state index in [0.29, 0.717) is 17.4 Å². The van der Waals surface area contributed by atoms with Crippen LogP contribution in [0.5, 0.6) is 0 Å². The van der Waals surface area contributed by atoms with Gasteiger partial charge in [-0.3, -0.25) is 19.6 Å². The van der Waals surface area contributed by atoms with Crippen molar-refractivity contribution in [3.05, 3.63) is 119 Å². The van der Waals surface area contributed by atoms with Crippen LogP contribution in [0.3, 0.4) is 0 Å². The molecule has 3 aromatic carbocycles. The van der Waals surface area contributed by atoms with Gasteiger partial charge in [-0.05, 0) is 164 Å². The molecule has 0 aliphatic heterocycles. The van der Waals surface area contributed by atoms with Crippen LogP contribution < -0.4 is 0 Å². The predicted octanol–water partition coefficient (Wildman–Crippen LogP) is 11.6. The Bertz CT molecular complexity index is 2220. The van der Waals surface area contributed by atoms with Gasteiger partial charge in [0.1, 0.15) is 17.4 Å². The number of Topliss-reactive ketones (excluding diaryl/α,β-unsaturated/α-hetero) is 1. The number of hydrogen-bond acceptors (Lipinski definition) is 4. The highest BCUT2D eigenvalue weighted by atomic mass is 19.4. The summed E-state index contributed by atoms with van der Waals surface area (Å²) in [5.41, 5.74) is 3.92. The van der Waals surface area contributed by atoms with E-state index in [9.17, 15) is 36.6 Å². The molecule has 4 fully saturated rings. The van der Waals surface area contributed by atoms with E-state index in [1.165, 1.54) is 24.3 Å². The van der Waals surface area contributed by atoms with Crippen LogP contribution >= 0.6 is 0 Å². The maximum absolute atomic E-state index is 13.8. The van der Waals surface area contributed by atoms with Crippen molar-refractivity contribution < 1.29 is 36.6 Å². The zero-order valence-corrected chi connectivity index (χ0v) is 29.7. The monoisotopic (exact) mass is 756 g/mol. The van der Waals surface area contributed by atoms with E-state index in [0.717, 1.165) is 109 Å². The second-order valence-electron chi connectivity index (χ2n) is 16.1. The van der Waals surface area contributed by atoms with Crippen molar-refractivity contribution in [2.24, 2.45) is 22.7 Å². The summed E-state index contributed by atoms with van der Waals surface area (Å²) >= 11 is 0. The fourth-order valence-corrected chi connectivity index (χ4v) is 9.74. The highest BCUT2D eigenvalue weighted by molar-refractivity contribution is 5.87. The lowest BCUT2D eigenvalue weighted by molar-refractivity contribution is -0.140. The first-order chi connectivity index (χ1) is 25.8. The van der Waals surface area contributed by atoms with Crippen LogP contribution in [-0.4, -0.2) is 26.8 Å². The fourth-order valence-electron chi connectivity index (χ4n) is 9.74. The van der Waals surface area contributed by atoms with E-state index in [-0.39, 0.29) is 53.9 Å². The SMILES string of the molecule is C.O=C(Cc1ccc(C(F)(F)F)cc1)C1CC12CCC(c1ccnc3ccc(F)cc13)CC2.O=C(O)C1CC12CCC(c1ccnc3ccc(F)cc13)CC2. The minimum absolute atomic E-state index is 0. The van der Waals surface area contributed by atoms with Crippen molar-refractivity contribution in [1.29, 1.82) is 0 Å². The third kappa shape index (κ3) is 7.74. The zero-order valence-electron chi connectivity index (χ0n) is 29.7. The lowest BCUT2D eigenvalue weighted by atomic mass is 9.74. The molecule has 2 aromatic heterocycles. The number of hydrogen-bond donors (Lipinski definition) is 1. The van der Waals surface area contributed by atoms with Gasteiger partial charge in [0.15, 0.2) is 0 Å². The van der Waals surface area contributed by atoms with Gasteiger partial charge in [0, 0.05) is 35.5 Å². The van der Waals surface area contributed by atoms with Crippen molar-refractivity contribution in [2.75, 3.05) is 0 Å². The molecule has 2 heterocycles. The van der Waals surface area contributed by atoms with E-state index >= 15 is 0 Å². The molecule has 5 nitrogen and oxygen atoms in total. The minimum atomic E-state index is -4.37. The molecule has 10 heteroatoms. The van der Waals surface area contributed by atoms with Gasteiger partial charge in [-0.15, -0.1) is 0 Å². The van der Waals surface area contributed by atoms with Crippen LogP contribution in [0.2, 0.25) is 0 Å². The van der Waals surface area contributed by atoms with Gasteiger partial charge in [0.2, 0.25) is 0 Å². The van der Waals surface area contributed by atoms with Gasteiger partial charge in [-0.25, -0.2) is 8.78 Å². The molecular formula is C45H45F5N2O3. The standard InChI is InChI=1S/C26H23F4NO.C18H18FNO2.CH4/c27-19-5-6-23-21(14-19)20(9-12-31-23)17-7-10-25(11-8-17)15-22(25)24(32)13-16-1-3-18(4-2-16)26(28,29)30;19-12-1-2-16-14(9-12)13(5-8-20-16)11-3-6-18(7-4-11)10-15(18)17(21)22;/h1-6,9,12,14,17,22H,7-8,10-11,13,15H2;1-2,5,8-9,11,15H,3-4,6-7,10H2,(H,21,22);1H4. The van der Waals surface area contributed by atoms with Gasteiger partial charge < -0.3 is 5.11 Å². The molecule has 5 aromatic rings. The molecule has 1 N–H and O–H groups in total. The first-order valence-corrected chi connectivity index (χ1v) is 18.8. The van der Waals surface area contributed by atoms with Crippen LogP contribution in [0, 0.1) is 34.3 Å². The van der Waals surface area contributed by atoms with Crippen molar-refractivity contribution >= 4 is 33.6 Å². The summed E-state index contributed by atoms with van der Waals surface area (Å²) in [4.78, 5) is 32.6. The average Bonchev–Trinajstić information content (AvgIpc) is 4.07. The Morgan fingerprint density at radius 3 is 1.56 bits per heavy atom. The minimum Gasteiger partial charge on any atom is -0.481 e. The predicted molar refractivity (Wildman–Crippen MR) is 201 cm³/mol. The lowest BCUT2D eigenvalue weighted by Gasteiger charge is -2.30. The Hall–Kier alpha value is -4.73. The molecule has 4 aliphatic carbocycles. The van der Waals surface area contributed by atoms with Crippen LogP contribution in [0.4, 0.5) is 22.0 Å². The molecule has 0 saturated heterocycles. The molecule has 9 rings (SSSR count). The van der Waals surface area contributed by atoms with Crippen LogP contribution in [-0.2, 0) is 22.2 Å². The normalized spacial score (nSPS) is 26.9. The van der Waals surface area contributed by atoms with E-state index < -0.39 is 17.7 Å². The number of carbonyl (C=O) groups excluding carboxylic acids is 1. The zero-order chi connectivity index (χ0) is 37.8. The number of aromatic nitrogens is 2. The Morgan fingerprint density at radius 2 is 1.13 bits per heavy atom. The van der Waals surface area contributed by atoms with E-state index in [2.05, 4.69) is 9.97 Å². The third-order valence-electron chi connectivity index (χ3n) is 13.0. The van der Waals surface area contributed by atoms with E-state index in [1.54, 1.807) is 36.7 Å². The maximum atomic E-state index is 13.8. The van der Waals surface area contributed by atoms with Gasteiger partial charge >= 0.3 is 12.1 Å². The number of carboxylic acid groups (broad SMARTS) is 1. The average molecular weight is 757 g/mol. The number of carboxylic acids is 1. The molecule has 0 radical (unpaired) electrons. The van der Waals surface area contributed by atoms with Crippen molar-refractivity contribution in [3.63, 3.8) is 0 Å². The summed E-state index contributed by atoms with van der Waals surface area (Å²) in [6.07, 6.45) is 8.76. The van der Waals surface area contributed by atoms with Crippen molar-refractivity contribution in [1.82, 2.24) is 9.97 Å². The number of rotatable bonds is 6. The Morgan fingerprint density at radius 1 is 0.673 bits per heavy atom. The molecule has 55 heavy (non-hydrogen) atoms. The van der Waals surface area contributed by atoms with E-state index in [4.69, 9.17) is 0 Å². The smallest absolute Gasteiger partial charge is 0.416 e. The van der Waals surface area contributed by atoms with Gasteiger partial charge in [-0.1, -0.05) is 19.6 Å². The number of nitrogens with zero attached hydrogens (tertiary/aromatic N) is 2. The van der Waals surface area contributed by atoms with Crippen LogP contribution in [0.15, 0.2) is 85.2 Å². The highest BCUT2D eigenvalue weighted by Gasteiger charge is 2.59. The Balaban J connectivity index is 0.000000177. The molecule has 2 spiro atoms. The fraction of sp³-hybridized carbons (Fsp3) is 0.422. The summed E-state index contributed by atoms with van der Waals surface area (Å²) in [7, 11) is 0. The molecule has 0 amide bonds.